The zero-order chi connectivity index (χ0) is 13.3. The van der Waals surface area contributed by atoms with Crippen LogP contribution in [0.4, 0.5) is 17.1 Å². The van der Waals surface area contributed by atoms with Crippen LogP contribution in [0, 0.1) is 37.3 Å². The van der Waals surface area contributed by atoms with E-state index in [2.05, 4.69) is 0 Å². The van der Waals surface area contributed by atoms with E-state index in [9.17, 15) is 35.4 Å². The van der Waals surface area contributed by atoms with Crippen LogP contribution >= 0.6 is 0 Å². The molecule has 10 nitrogen and oxygen atoms in total. The predicted molar refractivity (Wildman–Crippen MR) is 52.8 cm³/mol. The lowest BCUT2D eigenvalue weighted by Crippen LogP contribution is -2.03. The van der Waals surface area contributed by atoms with Gasteiger partial charge in [-0.3, -0.25) is 30.3 Å². The summed E-state index contributed by atoms with van der Waals surface area (Å²) in [5.41, 5.74) is -3.84. The lowest BCUT2D eigenvalue weighted by Gasteiger charge is -2.01. The van der Waals surface area contributed by atoms with Crippen molar-refractivity contribution in [2.24, 2.45) is 0 Å². The average molecular weight is 243 g/mol. The van der Waals surface area contributed by atoms with E-state index in [1.165, 1.54) is 0 Å². The number of hydrogen-bond acceptors (Lipinski definition) is 7. The van der Waals surface area contributed by atoms with E-state index < -0.39 is 37.6 Å². The average Bonchev–Trinajstić information content (AvgIpc) is 2.14. The van der Waals surface area contributed by atoms with E-state index in [0.29, 0.717) is 0 Å². The van der Waals surface area contributed by atoms with E-state index in [4.69, 9.17) is 0 Å². The molecule has 0 aliphatic carbocycles. The Balaban J connectivity index is 3.85. The molecule has 0 radical (unpaired) electrons. The van der Waals surface area contributed by atoms with Gasteiger partial charge in [0.1, 0.15) is 0 Å². The minimum Gasteiger partial charge on any atom is -0.502 e. The van der Waals surface area contributed by atoms with Gasteiger partial charge in [-0.05, 0) is 13.0 Å². The van der Waals surface area contributed by atoms with Crippen molar-refractivity contribution in [2.75, 3.05) is 0 Å². The topological polar surface area (TPSA) is 150 Å². The summed E-state index contributed by atoms with van der Waals surface area (Å²) in [5, 5.41) is 41.1. The smallest absolute Gasteiger partial charge is 0.426 e. The molecule has 0 spiro atoms. The van der Waals surface area contributed by atoms with Crippen LogP contribution in [0.15, 0.2) is 6.07 Å². The predicted octanol–water partition coefficient (Wildman–Crippen LogP) is 1.43. The number of nitrogens with zero attached hydrogens (tertiary/aromatic N) is 3. The molecule has 90 valence electrons. The van der Waals surface area contributed by atoms with E-state index in [-0.39, 0.29) is 5.56 Å². The van der Waals surface area contributed by atoms with Crippen LogP contribution in [0.25, 0.3) is 0 Å². The van der Waals surface area contributed by atoms with E-state index >= 15 is 0 Å². The minimum atomic E-state index is -1.32. The zero-order valence-electron chi connectivity index (χ0n) is 8.32. The third-order valence-electron chi connectivity index (χ3n) is 1.97. The lowest BCUT2D eigenvalue weighted by molar-refractivity contribution is -0.441. The fraction of sp³-hybridized carbons (Fsp3) is 0.143. The molecule has 1 aromatic carbocycles. The van der Waals surface area contributed by atoms with E-state index in [0.717, 1.165) is 13.0 Å². The van der Waals surface area contributed by atoms with Crippen LogP contribution in [0.2, 0.25) is 0 Å². The highest BCUT2D eigenvalue weighted by molar-refractivity contribution is 5.74. The molecule has 0 aliphatic rings. The van der Waals surface area contributed by atoms with Gasteiger partial charge in [-0.25, -0.2) is 0 Å². The maximum Gasteiger partial charge on any atom is 0.426 e. The molecule has 0 amide bonds. The lowest BCUT2D eigenvalue weighted by atomic mass is 10.1. The first-order chi connectivity index (χ1) is 7.77. The Bertz CT molecular complexity index is 501. The van der Waals surface area contributed by atoms with Crippen molar-refractivity contribution >= 4 is 17.1 Å². The second kappa shape index (κ2) is 4.00. The third kappa shape index (κ3) is 1.95. The summed E-state index contributed by atoms with van der Waals surface area (Å²) in [7, 11) is 0. The largest absolute Gasteiger partial charge is 0.502 e. The van der Waals surface area contributed by atoms with Crippen LogP contribution in [-0.4, -0.2) is 19.9 Å². The van der Waals surface area contributed by atoms with Gasteiger partial charge in [0.05, 0.1) is 14.8 Å². The summed E-state index contributed by atoms with van der Waals surface area (Å²) in [4.78, 5) is 28.2. The fourth-order valence-corrected chi connectivity index (χ4v) is 1.35. The number of nitro benzene ring substituents is 3. The first-order valence-corrected chi connectivity index (χ1v) is 4.07. The molecule has 1 N–H and O–H groups in total. The highest BCUT2D eigenvalue weighted by atomic mass is 16.6. The van der Waals surface area contributed by atoms with Crippen LogP contribution in [0.1, 0.15) is 5.56 Å². The van der Waals surface area contributed by atoms with Crippen LogP contribution in [0.5, 0.6) is 5.75 Å². The van der Waals surface area contributed by atoms with Crippen molar-refractivity contribution in [3.05, 3.63) is 42.0 Å². The summed E-state index contributed by atoms with van der Waals surface area (Å²) in [6.45, 7) is 1.13. The summed E-state index contributed by atoms with van der Waals surface area (Å²) in [6, 6.07) is 0.739. The highest BCUT2D eigenvalue weighted by Crippen LogP contribution is 2.44. The number of aromatic hydroxyl groups is 1. The molecule has 0 aromatic heterocycles. The molecule has 0 heterocycles. The Morgan fingerprint density at radius 2 is 1.35 bits per heavy atom. The standard InChI is InChI=1S/C7H5N3O7/c1-3-2-4(11)6(9(14)15)7(10(16)17)5(3)8(12)13/h2,11H,1H3. The van der Waals surface area contributed by atoms with Gasteiger partial charge >= 0.3 is 17.1 Å². The Kier molecular flexibility index (Phi) is 2.89. The van der Waals surface area contributed by atoms with E-state index in [1.54, 1.807) is 0 Å². The van der Waals surface area contributed by atoms with Crippen molar-refractivity contribution < 1.29 is 19.9 Å². The number of hydrogen-bond donors (Lipinski definition) is 1. The van der Waals surface area contributed by atoms with Gasteiger partial charge in [-0.15, -0.1) is 0 Å². The Hall–Kier alpha value is -2.78. The number of phenolic OH excluding ortho intramolecular Hbond substituents is 1. The molecule has 0 saturated carbocycles. The molecule has 1 aromatic rings. The van der Waals surface area contributed by atoms with Crippen LogP contribution in [0.3, 0.4) is 0 Å². The molecule has 0 fully saturated rings. The Morgan fingerprint density at radius 3 is 1.71 bits per heavy atom. The number of phenols is 1. The van der Waals surface area contributed by atoms with Crippen molar-refractivity contribution in [3.63, 3.8) is 0 Å². The van der Waals surface area contributed by atoms with Gasteiger partial charge in [0, 0.05) is 5.56 Å². The molecule has 17 heavy (non-hydrogen) atoms. The summed E-state index contributed by atoms with van der Waals surface area (Å²) in [5.74, 6) is -0.982. The van der Waals surface area contributed by atoms with Crippen LogP contribution in [-0.2, 0) is 0 Å². The summed E-state index contributed by atoms with van der Waals surface area (Å²) < 4.78 is 0. The van der Waals surface area contributed by atoms with Crippen molar-refractivity contribution in [3.8, 4) is 5.75 Å². The third-order valence-corrected chi connectivity index (χ3v) is 1.97. The molecule has 0 aliphatic heterocycles. The van der Waals surface area contributed by atoms with Gasteiger partial charge in [0.2, 0.25) is 5.75 Å². The first kappa shape index (κ1) is 12.3. The van der Waals surface area contributed by atoms with Gasteiger partial charge in [-0.2, -0.15) is 0 Å². The number of rotatable bonds is 3. The molecule has 0 bridgehead atoms. The second-order valence-corrected chi connectivity index (χ2v) is 3.03. The van der Waals surface area contributed by atoms with Gasteiger partial charge in [-0.1, -0.05) is 0 Å². The quantitative estimate of drug-likeness (QED) is 0.622. The summed E-state index contributed by atoms with van der Waals surface area (Å²) in [6.07, 6.45) is 0. The molecular formula is C7H5N3O7. The van der Waals surface area contributed by atoms with Gasteiger partial charge < -0.3 is 5.11 Å². The number of aryl methyl sites for hydroxylation is 1. The monoisotopic (exact) mass is 243 g/mol. The number of benzene rings is 1. The Labute approximate surface area is 92.5 Å². The number of nitro groups is 3. The van der Waals surface area contributed by atoms with Crippen molar-refractivity contribution in [1.29, 1.82) is 0 Å². The fourth-order valence-electron chi connectivity index (χ4n) is 1.35. The molecule has 10 heteroatoms. The highest BCUT2D eigenvalue weighted by Gasteiger charge is 2.40. The first-order valence-electron chi connectivity index (χ1n) is 4.07. The van der Waals surface area contributed by atoms with E-state index in [1.807, 2.05) is 0 Å². The van der Waals surface area contributed by atoms with Gasteiger partial charge in [0.25, 0.3) is 0 Å². The molecule has 1 rings (SSSR count). The SMILES string of the molecule is Cc1cc(O)c([N+](=O)[O-])c([N+](=O)[O-])c1[N+](=O)[O-]. The summed E-state index contributed by atoms with van der Waals surface area (Å²) >= 11 is 0. The molecule has 0 atom stereocenters. The minimum absolute atomic E-state index is 0.232. The molecule has 0 unspecified atom stereocenters. The second-order valence-electron chi connectivity index (χ2n) is 3.03. The molecule has 0 saturated heterocycles. The van der Waals surface area contributed by atoms with Crippen molar-refractivity contribution in [1.82, 2.24) is 0 Å². The maximum absolute atomic E-state index is 10.6. The molecular weight excluding hydrogens is 238 g/mol. The Morgan fingerprint density at radius 1 is 0.941 bits per heavy atom. The normalized spacial score (nSPS) is 9.94. The van der Waals surface area contributed by atoms with Crippen LogP contribution < -0.4 is 0 Å². The maximum atomic E-state index is 10.6. The zero-order valence-corrected chi connectivity index (χ0v) is 8.32. The van der Waals surface area contributed by atoms with Crippen molar-refractivity contribution in [2.45, 2.75) is 6.92 Å². The van der Waals surface area contributed by atoms with Gasteiger partial charge in [0.15, 0.2) is 0 Å².